The normalized spacial score (nSPS) is 26.9. The molecule has 0 unspecified atom stereocenters. The zero-order valence-electron chi connectivity index (χ0n) is 11.4. The predicted octanol–water partition coefficient (Wildman–Crippen LogP) is 0.0926. The highest BCUT2D eigenvalue weighted by atomic mass is 16.7. The maximum absolute atomic E-state index is 11.8. The van der Waals surface area contributed by atoms with Gasteiger partial charge in [0.2, 0.25) is 0 Å². The fourth-order valence-corrected chi connectivity index (χ4v) is 1.67. The number of ketones is 1. The number of carbonyl (C=O) groups excluding carboxylic acids is 1. The van der Waals surface area contributed by atoms with Gasteiger partial charge in [0.05, 0.1) is 0 Å². The van der Waals surface area contributed by atoms with Gasteiger partial charge in [0.25, 0.3) is 0 Å². The Balaban J connectivity index is 2.72. The molecule has 110 valence electrons. The van der Waals surface area contributed by atoms with Crippen molar-refractivity contribution in [1.29, 1.82) is 0 Å². The van der Waals surface area contributed by atoms with Crippen LogP contribution in [0.2, 0.25) is 0 Å². The van der Waals surface area contributed by atoms with Crippen molar-refractivity contribution >= 4 is 5.78 Å². The van der Waals surface area contributed by atoms with Crippen molar-refractivity contribution in [2.45, 2.75) is 18.3 Å². The Hall–Kier alpha value is -0.830. The molecule has 7 heteroatoms. The average Bonchev–Trinajstić information content (AvgIpc) is 2.42. The molecular formula is C12H20O7. The van der Waals surface area contributed by atoms with E-state index in [0.717, 1.165) is 0 Å². The summed E-state index contributed by atoms with van der Waals surface area (Å²) in [5.41, 5.74) is 0. The Kier molecular flexibility index (Phi) is 7.80. The molecule has 1 aliphatic carbocycles. The van der Waals surface area contributed by atoms with Crippen molar-refractivity contribution in [3.8, 4) is 0 Å². The largest absolute Gasteiger partial charge is 0.359 e. The van der Waals surface area contributed by atoms with Crippen molar-refractivity contribution in [2.75, 3.05) is 41.7 Å². The van der Waals surface area contributed by atoms with E-state index in [9.17, 15) is 4.79 Å². The van der Waals surface area contributed by atoms with Gasteiger partial charge in [0, 0.05) is 21.3 Å². The monoisotopic (exact) mass is 276 g/mol. The summed E-state index contributed by atoms with van der Waals surface area (Å²) >= 11 is 0. The van der Waals surface area contributed by atoms with Gasteiger partial charge in [0.15, 0.2) is 11.9 Å². The molecule has 0 spiro atoms. The van der Waals surface area contributed by atoms with E-state index < -0.39 is 18.3 Å². The molecule has 0 fully saturated rings. The zero-order chi connectivity index (χ0) is 14.1. The van der Waals surface area contributed by atoms with Crippen LogP contribution in [0.4, 0.5) is 0 Å². The van der Waals surface area contributed by atoms with Crippen LogP contribution in [0.25, 0.3) is 0 Å². The molecule has 0 amide bonds. The Morgan fingerprint density at radius 2 is 1.53 bits per heavy atom. The summed E-state index contributed by atoms with van der Waals surface area (Å²) in [6.45, 7) is 0.118. The number of rotatable bonds is 9. The first-order valence-corrected chi connectivity index (χ1v) is 5.78. The van der Waals surface area contributed by atoms with Gasteiger partial charge < -0.3 is 28.4 Å². The molecule has 0 N–H and O–H groups in total. The smallest absolute Gasteiger partial charge is 0.187 e. The van der Waals surface area contributed by atoms with Crippen molar-refractivity contribution in [3.63, 3.8) is 0 Å². The van der Waals surface area contributed by atoms with E-state index in [1.807, 2.05) is 0 Å². The Morgan fingerprint density at radius 3 is 2.16 bits per heavy atom. The number of hydrogen-bond donors (Lipinski definition) is 0. The summed E-state index contributed by atoms with van der Waals surface area (Å²) in [6, 6.07) is 0. The summed E-state index contributed by atoms with van der Waals surface area (Å²) in [7, 11) is 4.49. The number of ether oxygens (including phenoxy) is 6. The highest BCUT2D eigenvalue weighted by molar-refractivity contribution is 5.95. The van der Waals surface area contributed by atoms with Crippen LogP contribution in [0.15, 0.2) is 12.2 Å². The molecule has 0 radical (unpaired) electrons. The summed E-state index contributed by atoms with van der Waals surface area (Å²) < 4.78 is 30.8. The summed E-state index contributed by atoms with van der Waals surface area (Å²) in [5, 5.41) is 0. The van der Waals surface area contributed by atoms with Crippen molar-refractivity contribution in [1.82, 2.24) is 0 Å². The van der Waals surface area contributed by atoms with Crippen LogP contribution in [0, 0.1) is 0 Å². The van der Waals surface area contributed by atoms with Crippen LogP contribution in [0.1, 0.15) is 0 Å². The molecule has 19 heavy (non-hydrogen) atoms. The Morgan fingerprint density at radius 1 is 0.947 bits per heavy atom. The summed E-state index contributed by atoms with van der Waals surface area (Å²) in [4.78, 5) is 11.8. The molecule has 0 bridgehead atoms. The lowest BCUT2D eigenvalue weighted by Crippen LogP contribution is -2.49. The van der Waals surface area contributed by atoms with Crippen LogP contribution in [0.5, 0.6) is 0 Å². The fourth-order valence-electron chi connectivity index (χ4n) is 1.67. The van der Waals surface area contributed by atoms with Gasteiger partial charge in [-0.15, -0.1) is 0 Å². The minimum absolute atomic E-state index is 0.00587. The molecule has 3 atom stereocenters. The first kappa shape index (κ1) is 16.2. The van der Waals surface area contributed by atoms with E-state index in [1.54, 1.807) is 6.08 Å². The molecule has 0 aromatic rings. The second-order valence-corrected chi connectivity index (χ2v) is 3.83. The quantitative estimate of drug-likeness (QED) is 0.553. The van der Waals surface area contributed by atoms with Crippen molar-refractivity contribution < 1.29 is 33.2 Å². The number of carbonyl (C=O) groups is 1. The van der Waals surface area contributed by atoms with E-state index in [2.05, 4.69) is 0 Å². The van der Waals surface area contributed by atoms with Crippen LogP contribution < -0.4 is 0 Å². The van der Waals surface area contributed by atoms with E-state index in [0.29, 0.717) is 0 Å². The highest BCUT2D eigenvalue weighted by Crippen LogP contribution is 2.20. The van der Waals surface area contributed by atoms with Crippen molar-refractivity contribution in [2.24, 2.45) is 0 Å². The Labute approximate surface area is 112 Å². The molecule has 1 rings (SSSR count). The van der Waals surface area contributed by atoms with E-state index in [1.165, 1.54) is 27.4 Å². The standard InChI is InChI=1S/C12H20O7/c1-14-6-17-10-5-4-9(13)11(18-7-15-2)12(10)19-8-16-3/h4-5,10-12H,6-8H2,1-3H3/t10-,11+,12+/m0/s1. The summed E-state index contributed by atoms with van der Waals surface area (Å²) in [6.07, 6.45) is 1.18. The second-order valence-electron chi connectivity index (χ2n) is 3.83. The first-order chi connectivity index (χ1) is 9.24. The highest BCUT2D eigenvalue weighted by Gasteiger charge is 2.38. The molecule has 7 nitrogen and oxygen atoms in total. The van der Waals surface area contributed by atoms with Gasteiger partial charge in [-0.05, 0) is 12.2 Å². The molecule has 0 saturated heterocycles. The van der Waals surface area contributed by atoms with Crippen LogP contribution in [-0.4, -0.2) is 65.8 Å². The fraction of sp³-hybridized carbons (Fsp3) is 0.750. The molecule has 0 aliphatic heterocycles. The molecule has 0 aromatic heterocycles. The molecule has 0 saturated carbocycles. The van der Waals surface area contributed by atoms with E-state index in [4.69, 9.17) is 28.4 Å². The minimum Gasteiger partial charge on any atom is -0.359 e. The lowest BCUT2D eigenvalue weighted by molar-refractivity contribution is -0.199. The minimum atomic E-state index is -0.790. The molecule has 0 heterocycles. The zero-order valence-corrected chi connectivity index (χ0v) is 11.4. The third kappa shape index (κ3) is 4.98. The van der Waals surface area contributed by atoms with Gasteiger partial charge in [-0.1, -0.05) is 0 Å². The van der Waals surface area contributed by atoms with Gasteiger partial charge in [-0.2, -0.15) is 0 Å². The van der Waals surface area contributed by atoms with Gasteiger partial charge in [0.1, 0.15) is 32.6 Å². The Bertz CT molecular complexity index is 292. The topological polar surface area (TPSA) is 72.5 Å². The number of hydrogen-bond acceptors (Lipinski definition) is 7. The van der Waals surface area contributed by atoms with E-state index in [-0.39, 0.29) is 26.2 Å². The third-order valence-corrected chi connectivity index (χ3v) is 2.47. The maximum Gasteiger partial charge on any atom is 0.187 e. The maximum atomic E-state index is 11.8. The molecule has 0 aromatic carbocycles. The van der Waals surface area contributed by atoms with Crippen LogP contribution in [0.3, 0.4) is 0 Å². The lowest BCUT2D eigenvalue weighted by Gasteiger charge is -2.32. The average molecular weight is 276 g/mol. The van der Waals surface area contributed by atoms with Gasteiger partial charge in [-0.25, -0.2) is 0 Å². The second kappa shape index (κ2) is 9.13. The van der Waals surface area contributed by atoms with Crippen LogP contribution in [-0.2, 0) is 33.2 Å². The molecule has 1 aliphatic rings. The number of methoxy groups -OCH3 is 3. The van der Waals surface area contributed by atoms with Gasteiger partial charge >= 0.3 is 0 Å². The van der Waals surface area contributed by atoms with Gasteiger partial charge in [-0.3, -0.25) is 4.79 Å². The third-order valence-electron chi connectivity index (χ3n) is 2.47. The van der Waals surface area contributed by atoms with Crippen LogP contribution >= 0.6 is 0 Å². The molecular weight excluding hydrogens is 256 g/mol. The predicted molar refractivity (Wildman–Crippen MR) is 64.4 cm³/mol. The summed E-state index contributed by atoms with van der Waals surface area (Å²) in [5.74, 6) is -0.199. The first-order valence-electron chi connectivity index (χ1n) is 5.78. The van der Waals surface area contributed by atoms with E-state index >= 15 is 0 Å². The van der Waals surface area contributed by atoms with Crippen molar-refractivity contribution in [3.05, 3.63) is 12.2 Å². The lowest BCUT2D eigenvalue weighted by atomic mass is 9.97. The SMILES string of the molecule is COCO[C@@H]1[C@@H](OCOC)C=CC(=O)[C@H]1OCOC.